The lowest BCUT2D eigenvalue weighted by atomic mass is 10.1. The first kappa shape index (κ1) is 36.3. The highest BCUT2D eigenvalue weighted by Gasteiger charge is 2.19. The van der Waals surface area contributed by atoms with Crippen molar-refractivity contribution in [2.24, 2.45) is 5.73 Å². The molecule has 10 heteroatoms. The number of rotatable bonds is 26. The van der Waals surface area contributed by atoms with E-state index in [-0.39, 0.29) is 18.1 Å². The van der Waals surface area contributed by atoms with Gasteiger partial charge in [-0.05, 0) is 12.8 Å². The third-order valence-electron chi connectivity index (χ3n) is 6.19. The van der Waals surface area contributed by atoms with Crippen LogP contribution in [0.15, 0.2) is 0 Å². The zero-order valence-corrected chi connectivity index (χ0v) is 24.8. The first-order chi connectivity index (χ1) is 18.4. The van der Waals surface area contributed by atoms with Crippen LogP contribution >= 0.6 is 11.8 Å². The first-order valence-corrected chi connectivity index (χ1v) is 16.0. The summed E-state index contributed by atoms with van der Waals surface area (Å²) >= 11 is 1.25. The van der Waals surface area contributed by atoms with Gasteiger partial charge in [-0.2, -0.15) is 11.8 Å². The Hall–Kier alpha value is -1.68. The molecule has 0 aliphatic rings. The van der Waals surface area contributed by atoms with Crippen LogP contribution in [0.4, 0.5) is 9.59 Å². The third-order valence-corrected chi connectivity index (χ3v) is 7.39. The van der Waals surface area contributed by atoms with E-state index in [2.05, 4.69) is 24.5 Å². The van der Waals surface area contributed by atoms with Gasteiger partial charge >= 0.3 is 18.2 Å². The van der Waals surface area contributed by atoms with Gasteiger partial charge in [-0.1, -0.05) is 104 Å². The SMILES string of the molecule is CCCCCCCCCCNC(=O)OC[C@H](CSCC(N)C(=O)O)OC(=O)NCCCCCCCCCC. The van der Waals surface area contributed by atoms with Crippen LogP contribution in [0.5, 0.6) is 0 Å². The maximum Gasteiger partial charge on any atom is 0.407 e. The normalized spacial score (nSPS) is 12.5. The highest BCUT2D eigenvalue weighted by atomic mass is 32.2. The van der Waals surface area contributed by atoms with Crippen LogP contribution in [0.25, 0.3) is 0 Å². The molecule has 0 aromatic carbocycles. The number of unbranched alkanes of at least 4 members (excludes halogenated alkanes) is 14. The number of alkyl carbamates (subject to hydrolysis) is 2. The standard InChI is InChI=1S/C28H55N3O6S/c1-3-5-7-9-11-13-15-17-19-30-27(34)36-21-24(22-38-23-25(29)26(32)33)37-28(35)31-20-18-16-14-12-10-8-6-4-2/h24-25H,3-23,29H2,1-2H3,(H,30,34)(H,31,35)(H,32,33)/t24-,25?/m1/s1. The molecule has 0 aliphatic heterocycles. The molecule has 0 fully saturated rings. The fraction of sp³-hybridized carbons (Fsp3) is 0.893. The zero-order valence-electron chi connectivity index (χ0n) is 24.0. The number of ether oxygens (including phenoxy) is 2. The average Bonchev–Trinajstić information content (AvgIpc) is 2.89. The van der Waals surface area contributed by atoms with E-state index in [1.165, 1.54) is 82.4 Å². The van der Waals surface area contributed by atoms with Crippen molar-refractivity contribution in [3.8, 4) is 0 Å². The van der Waals surface area contributed by atoms with Crippen molar-refractivity contribution in [3.63, 3.8) is 0 Å². The molecule has 0 aromatic heterocycles. The molecule has 0 aliphatic carbocycles. The Kier molecular flexibility index (Phi) is 25.7. The van der Waals surface area contributed by atoms with E-state index >= 15 is 0 Å². The Morgan fingerprint density at radius 1 is 0.711 bits per heavy atom. The lowest BCUT2D eigenvalue weighted by molar-refractivity contribution is -0.137. The molecule has 0 bridgehead atoms. The van der Waals surface area contributed by atoms with Crippen molar-refractivity contribution in [1.29, 1.82) is 0 Å². The number of amides is 2. The summed E-state index contributed by atoms with van der Waals surface area (Å²) in [6.07, 6.45) is 17.1. The largest absolute Gasteiger partial charge is 0.480 e. The van der Waals surface area contributed by atoms with Gasteiger partial charge in [0, 0.05) is 24.6 Å². The molecule has 0 heterocycles. The summed E-state index contributed by atoms with van der Waals surface area (Å²) in [7, 11) is 0. The molecule has 9 nitrogen and oxygen atoms in total. The maximum atomic E-state index is 12.2. The minimum Gasteiger partial charge on any atom is -0.480 e. The summed E-state index contributed by atoms with van der Waals surface area (Å²) in [6, 6.07) is -1.01. The topological polar surface area (TPSA) is 140 Å². The molecule has 1 unspecified atom stereocenters. The molecule has 0 radical (unpaired) electrons. The summed E-state index contributed by atoms with van der Waals surface area (Å²) in [5.74, 6) is -0.647. The van der Waals surface area contributed by atoms with Crippen LogP contribution in [0.3, 0.4) is 0 Å². The van der Waals surface area contributed by atoms with E-state index < -0.39 is 30.3 Å². The number of nitrogens with two attached hydrogens (primary N) is 1. The molecule has 0 spiro atoms. The van der Waals surface area contributed by atoms with E-state index in [1.54, 1.807) is 0 Å². The second-order valence-electron chi connectivity index (χ2n) is 9.91. The number of hydrogen-bond donors (Lipinski definition) is 4. The molecule has 224 valence electrons. The van der Waals surface area contributed by atoms with Gasteiger partial charge in [0.1, 0.15) is 18.8 Å². The Balaban J connectivity index is 4.20. The first-order valence-electron chi connectivity index (χ1n) is 14.8. The quantitative estimate of drug-likeness (QED) is 0.0911. The maximum absolute atomic E-state index is 12.2. The van der Waals surface area contributed by atoms with Crippen molar-refractivity contribution in [2.75, 3.05) is 31.2 Å². The average molecular weight is 562 g/mol. The summed E-state index contributed by atoms with van der Waals surface area (Å²) < 4.78 is 10.7. The van der Waals surface area contributed by atoms with Crippen molar-refractivity contribution in [1.82, 2.24) is 10.6 Å². The van der Waals surface area contributed by atoms with Crippen LogP contribution in [0.1, 0.15) is 117 Å². The zero-order chi connectivity index (χ0) is 28.3. The van der Waals surface area contributed by atoms with E-state index in [1.807, 2.05) is 0 Å². The summed E-state index contributed by atoms with van der Waals surface area (Å²) in [6.45, 7) is 5.38. The summed E-state index contributed by atoms with van der Waals surface area (Å²) in [5, 5.41) is 14.4. The van der Waals surface area contributed by atoms with E-state index in [0.717, 1.165) is 32.1 Å². The summed E-state index contributed by atoms with van der Waals surface area (Å²) in [4.78, 5) is 35.3. The van der Waals surface area contributed by atoms with Gasteiger partial charge in [0.2, 0.25) is 0 Å². The van der Waals surface area contributed by atoms with Crippen LogP contribution in [0, 0.1) is 0 Å². The van der Waals surface area contributed by atoms with Crippen LogP contribution in [0.2, 0.25) is 0 Å². The smallest absolute Gasteiger partial charge is 0.407 e. The number of aliphatic carboxylic acids is 1. The fourth-order valence-corrected chi connectivity index (χ4v) is 4.79. The molecule has 0 saturated heterocycles. The second kappa shape index (κ2) is 26.9. The lowest BCUT2D eigenvalue weighted by Crippen LogP contribution is -2.37. The van der Waals surface area contributed by atoms with Gasteiger partial charge in [0.05, 0.1) is 0 Å². The molecular weight excluding hydrogens is 506 g/mol. The molecule has 0 rings (SSSR count). The highest BCUT2D eigenvalue weighted by Crippen LogP contribution is 2.11. The summed E-state index contributed by atoms with van der Waals surface area (Å²) in [5.41, 5.74) is 5.55. The molecule has 2 atom stereocenters. The van der Waals surface area contributed by atoms with Crippen molar-refractivity contribution < 1.29 is 29.0 Å². The van der Waals surface area contributed by atoms with Gasteiger partial charge in [-0.3, -0.25) is 4.79 Å². The fourth-order valence-electron chi connectivity index (χ4n) is 3.83. The Morgan fingerprint density at radius 3 is 1.63 bits per heavy atom. The van der Waals surface area contributed by atoms with Crippen molar-refractivity contribution in [3.05, 3.63) is 0 Å². The second-order valence-corrected chi connectivity index (χ2v) is 11.0. The van der Waals surface area contributed by atoms with Gasteiger partial charge in [-0.25, -0.2) is 9.59 Å². The van der Waals surface area contributed by atoms with Crippen molar-refractivity contribution in [2.45, 2.75) is 129 Å². The van der Waals surface area contributed by atoms with Crippen molar-refractivity contribution >= 4 is 29.9 Å². The Bertz CT molecular complexity index is 597. The van der Waals surface area contributed by atoms with Crippen LogP contribution in [-0.4, -0.2) is 66.6 Å². The molecule has 0 aromatic rings. The number of carbonyl (C=O) groups is 3. The number of carbonyl (C=O) groups excluding carboxylic acids is 2. The number of carboxylic acids is 1. The minimum atomic E-state index is -1.09. The lowest BCUT2D eigenvalue weighted by Gasteiger charge is -2.19. The third kappa shape index (κ3) is 24.6. The van der Waals surface area contributed by atoms with E-state index in [9.17, 15) is 14.4 Å². The Morgan fingerprint density at radius 2 is 1.16 bits per heavy atom. The van der Waals surface area contributed by atoms with E-state index in [4.69, 9.17) is 20.3 Å². The molecular formula is C28H55N3O6S. The monoisotopic (exact) mass is 561 g/mol. The minimum absolute atomic E-state index is 0.107. The van der Waals surface area contributed by atoms with Gasteiger partial charge in [0.15, 0.2) is 0 Å². The number of thioether (sulfide) groups is 1. The van der Waals surface area contributed by atoms with Crippen LogP contribution in [-0.2, 0) is 14.3 Å². The molecule has 5 N–H and O–H groups in total. The number of hydrogen-bond acceptors (Lipinski definition) is 7. The molecule has 38 heavy (non-hydrogen) atoms. The van der Waals surface area contributed by atoms with Gasteiger partial charge in [-0.15, -0.1) is 0 Å². The molecule has 2 amide bonds. The Labute approximate surface area is 235 Å². The van der Waals surface area contributed by atoms with E-state index in [0.29, 0.717) is 13.1 Å². The molecule has 0 saturated carbocycles. The predicted octanol–water partition coefficient (Wildman–Crippen LogP) is 6.23. The number of carboxylic acid groups (broad SMARTS) is 1. The predicted molar refractivity (Wildman–Crippen MR) is 156 cm³/mol. The van der Waals surface area contributed by atoms with Gasteiger partial charge in [0.25, 0.3) is 0 Å². The highest BCUT2D eigenvalue weighted by molar-refractivity contribution is 7.99. The number of nitrogens with one attached hydrogen (secondary N) is 2. The van der Waals surface area contributed by atoms with Crippen LogP contribution < -0.4 is 16.4 Å². The van der Waals surface area contributed by atoms with Gasteiger partial charge < -0.3 is 30.9 Å².